The van der Waals surface area contributed by atoms with Crippen LogP contribution in [0.5, 0.6) is 0 Å². The van der Waals surface area contributed by atoms with Crippen molar-refractivity contribution in [1.29, 1.82) is 0 Å². The van der Waals surface area contributed by atoms with Gasteiger partial charge in [0.15, 0.2) is 0 Å². The van der Waals surface area contributed by atoms with Crippen LogP contribution in [0, 0.1) is 6.92 Å². The van der Waals surface area contributed by atoms with Crippen molar-refractivity contribution in [3.8, 4) is 0 Å². The molecule has 1 heterocycles. The van der Waals surface area contributed by atoms with Crippen LogP contribution in [0.3, 0.4) is 0 Å². The molecule has 1 aliphatic heterocycles. The van der Waals surface area contributed by atoms with Crippen molar-refractivity contribution in [2.75, 3.05) is 23.4 Å². The lowest BCUT2D eigenvalue weighted by Crippen LogP contribution is -2.39. The van der Waals surface area contributed by atoms with Gasteiger partial charge in [0.05, 0.1) is 5.56 Å². The van der Waals surface area contributed by atoms with Gasteiger partial charge in [-0.15, -0.1) is 0 Å². The molecule has 0 atom stereocenters. The van der Waals surface area contributed by atoms with E-state index < -0.39 is 10.8 Å². The highest BCUT2D eigenvalue weighted by atomic mass is 32.2. The Morgan fingerprint density at radius 2 is 2.05 bits per heavy atom. The average Bonchev–Trinajstić information content (AvgIpc) is 2.42. The molecule has 1 saturated heterocycles. The molecule has 110 valence electrons. The second kappa shape index (κ2) is 6.88. The number of hydrogen-bond donors (Lipinski definition) is 2. The second-order valence-electron chi connectivity index (χ2n) is 5.18. The van der Waals surface area contributed by atoms with Crippen LogP contribution in [-0.4, -0.2) is 34.2 Å². The molecule has 2 N–H and O–H groups in total. The molecule has 0 radical (unpaired) electrons. The van der Waals surface area contributed by atoms with Crippen LogP contribution in [0.4, 0.5) is 5.69 Å². The average molecular weight is 294 g/mol. The molecule has 1 aromatic carbocycles. The minimum Gasteiger partial charge on any atom is -0.385 e. The van der Waals surface area contributed by atoms with Crippen molar-refractivity contribution in [2.45, 2.75) is 32.7 Å². The quantitative estimate of drug-likeness (QED) is 0.894. The van der Waals surface area contributed by atoms with E-state index in [2.05, 4.69) is 10.6 Å². The van der Waals surface area contributed by atoms with Gasteiger partial charge in [0.1, 0.15) is 0 Å². The van der Waals surface area contributed by atoms with E-state index in [4.69, 9.17) is 0 Å². The Morgan fingerprint density at radius 1 is 1.35 bits per heavy atom. The van der Waals surface area contributed by atoms with Gasteiger partial charge in [-0.1, -0.05) is 6.07 Å². The summed E-state index contributed by atoms with van der Waals surface area (Å²) in [6.07, 6.45) is 1.61. The second-order valence-corrected chi connectivity index (χ2v) is 6.87. The molecule has 0 saturated carbocycles. The summed E-state index contributed by atoms with van der Waals surface area (Å²) in [5.74, 6) is 1.34. The van der Waals surface area contributed by atoms with Gasteiger partial charge in [-0.25, -0.2) is 0 Å². The van der Waals surface area contributed by atoms with Crippen LogP contribution in [0.15, 0.2) is 18.2 Å². The van der Waals surface area contributed by atoms with E-state index in [-0.39, 0.29) is 11.9 Å². The van der Waals surface area contributed by atoms with E-state index in [9.17, 15) is 9.00 Å². The van der Waals surface area contributed by atoms with Crippen LogP contribution in [0.25, 0.3) is 0 Å². The van der Waals surface area contributed by atoms with Gasteiger partial charge in [-0.2, -0.15) is 0 Å². The van der Waals surface area contributed by atoms with Crippen molar-refractivity contribution in [1.82, 2.24) is 5.32 Å². The highest BCUT2D eigenvalue weighted by molar-refractivity contribution is 7.85. The van der Waals surface area contributed by atoms with E-state index in [0.717, 1.165) is 30.6 Å². The van der Waals surface area contributed by atoms with Gasteiger partial charge in [0, 0.05) is 40.6 Å². The predicted octanol–water partition coefficient (Wildman–Crippen LogP) is 2.07. The molecule has 0 bridgehead atoms. The van der Waals surface area contributed by atoms with Gasteiger partial charge in [-0.05, 0) is 44.4 Å². The lowest BCUT2D eigenvalue weighted by molar-refractivity contribution is 0.0935. The fourth-order valence-electron chi connectivity index (χ4n) is 2.39. The first-order valence-electron chi connectivity index (χ1n) is 7.10. The zero-order chi connectivity index (χ0) is 14.5. The molecule has 1 aromatic rings. The Hall–Kier alpha value is -1.36. The number of carbonyl (C=O) groups is 1. The van der Waals surface area contributed by atoms with E-state index in [1.54, 1.807) is 0 Å². The summed E-state index contributed by atoms with van der Waals surface area (Å²) in [6.45, 7) is 4.81. The summed E-state index contributed by atoms with van der Waals surface area (Å²) in [4.78, 5) is 12.4. The number of nitrogens with one attached hydrogen (secondary N) is 2. The first-order valence-corrected chi connectivity index (χ1v) is 8.59. The maximum Gasteiger partial charge on any atom is 0.253 e. The van der Waals surface area contributed by atoms with E-state index in [0.29, 0.717) is 17.1 Å². The summed E-state index contributed by atoms with van der Waals surface area (Å²) >= 11 is 0. The first-order chi connectivity index (χ1) is 9.60. The number of carbonyl (C=O) groups excluding carboxylic acids is 1. The van der Waals surface area contributed by atoms with E-state index in [1.807, 2.05) is 32.0 Å². The van der Waals surface area contributed by atoms with Gasteiger partial charge in [0.2, 0.25) is 0 Å². The Morgan fingerprint density at radius 3 is 2.70 bits per heavy atom. The third kappa shape index (κ3) is 3.82. The number of amides is 1. The molecule has 0 aliphatic carbocycles. The number of aryl methyl sites for hydroxylation is 1. The fourth-order valence-corrected chi connectivity index (χ4v) is 3.69. The fraction of sp³-hybridized carbons (Fsp3) is 0.533. The monoisotopic (exact) mass is 294 g/mol. The van der Waals surface area contributed by atoms with Crippen LogP contribution >= 0.6 is 0 Å². The molecule has 1 amide bonds. The Bertz CT molecular complexity index is 507. The number of anilines is 1. The van der Waals surface area contributed by atoms with Crippen LogP contribution in [-0.2, 0) is 10.8 Å². The summed E-state index contributed by atoms with van der Waals surface area (Å²) in [7, 11) is -0.694. The molecule has 4 nitrogen and oxygen atoms in total. The van der Waals surface area contributed by atoms with Gasteiger partial charge < -0.3 is 10.6 Å². The summed E-state index contributed by atoms with van der Waals surface area (Å²) in [5, 5.41) is 6.29. The Kier molecular flexibility index (Phi) is 5.17. The molecular weight excluding hydrogens is 272 g/mol. The lowest BCUT2D eigenvalue weighted by Gasteiger charge is -2.23. The summed E-state index contributed by atoms with van der Waals surface area (Å²) in [5.41, 5.74) is 2.69. The number of benzene rings is 1. The van der Waals surface area contributed by atoms with E-state index >= 15 is 0 Å². The number of hydrogen-bond acceptors (Lipinski definition) is 3. The van der Waals surface area contributed by atoms with Crippen molar-refractivity contribution < 1.29 is 9.00 Å². The minimum absolute atomic E-state index is 0.0429. The Labute approximate surface area is 122 Å². The molecule has 1 fully saturated rings. The molecule has 0 spiro atoms. The molecule has 1 aliphatic rings. The molecule has 20 heavy (non-hydrogen) atoms. The highest BCUT2D eigenvalue weighted by Crippen LogP contribution is 2.18. The van der Waals surface area contributed by atoms with Crippen molar-refractivity contribution in [2.24, 2.45) is 0 Å². The van der Waals surface area contributed by atoms with Gasteiger partial charge >= 0.3 is 0 Å². The molecule has 0 unspecified atom stereocenters. The first kappa shape index (κ1) is 15.0. The minimum atomic E-state index is -0.694. The molecule has 0 aromatic heterocycles. The number of rotatable bonds is 4. The molecule has 2 rings (SSSR count). The van der Waals surface area contributed by atoms with Crippen LogP contribution in [0.1, 0.15) is 35.7 Å². The third-order valence-corrected chi connectivity index (χ3v) is 4.89. The third-order valence-electron chi connectivity index (χ3n) is 3.51. The van der Waals surface area contributed by atoms with Crippen molar-refractivity contribution in [3.63, 3.8) is 0 Å². The van der Waals surface area contributed by atoms with Crippen molar-refractivity contribution in [3.05, 3.63) is 29.3 Å². The molecule has 5 heteroatoms. The largest absolute Gasteiger partial charge is 0.385 e. The molecular formula is C15H22N2O2S. The maximum atomic E-state index is 12.4. The summed E-state index contributed by atoms with van der Waals surface area (Å²) in [6, 6.07) is 5.96. The predicted molar refractivity (Wildman–Crippen MR) is 83.7 cm³/mol. The zero-order valence-corrected chi connectivity index (χ0v) is 12.9. The van der Waals surface area contributed by atoms with Crippen LogP contribution in [0.2, 0.25) is 0 Å². The normalized spacial score (nSPS) is 22.3. The SMILES string of the molecule is CCNc1cc(C)ccc1C(=O)NC1CCS(=O)CC1. The Balaban J connectivity index is 2.06. The van der Waals surface area contributed by atoms with E-state index in [1.165, 1.54) is 0 Å². The standard InChI is InChI=1S/C15H22N2O2S/c1-3-16-14-10-11(2)4-5-13(14)15(18)17-12-6-8-20(19)9-7-12/h4-5,10,12,16H,3,6-9H2,1-2H3,(H,17,18). The smallest absolute Gasteiger partial charge is 0.253 e. The lowest BCUT2D eigenvalue weighted by atomic mass is 10.1. The van der Waals surface area contributed by atoms with Gasteiger partial charge in [0.25, 0.3) is 5.91 Å². The summed E-state index contributed by atoms with van der Waals surface area (Å²) < 4.78 is 11.3. The topological polar surface area (TPSA) is 58.2 Å². The van der Waals surface area contributed by atoms with Gasteiger partial charge in [-0.3, -0.25) is 9.00 Å². The van der Waals surface area contributed by atoms with Crippen molar-refractivity contribution >= 4 is 22.4 Å². The maximum absolute atomic E-state index is 12.4. The zero-order valence-electron chi connectivity index (χ0n) is 12.1. The van der Waals surface area contributed by atoms with Crippen LogP contribution < -0.4 is 10.6 Å². The highest BCUT2D eigenvalue weighted by Gasteiger charge is 2.21.